The molecule has 2 saturated heterocycles. The molecule has 2 aliphatic heterocycles. The highest BCUT2D eigenvalue weighted by molar-refractivity contribution is 5.75. The van der Waals surface area contributed by atoms with Crippen molar-refractivity contribution in [3.05, 3.63) is 0 Å². The average molecular weight is 256 g/mol. The third-order valence-electron chi connectivity index (χ3n) is 3.52. The summed E-state index contributed by atoms with van der Waals surface area (Å²) >= 11 is 0. The molecule has 18 heavy (non-hydrogen) atoms. The molecule has 104 valence electrons. The molecule has 5 heteroatoms. The quantitative estimate of drug-likeness (QED) is 0.724. The van der Waals surface area contributed by atoms with Gasteiger partial charge in [0.2, 0.25) is 5.91 Å². The van der Waals surface area contributed by atoms with Crippen LogP contribution in [-0.2, 0) is 14.3 Å². The normalized spacial score (nSPS) is 25.2. The summed E-state index contributed by atoms with van der Waals surface area (Å²) in [5, 5.41) is 6.20. The monoisotopic (exact) mass is 256 g/mol. The lowest BCUT2D eigenvalue weighted by molar-refractivity contribution is -0.123. The highest BCUT2D eigenvalue weighted by atomic mass is 16.5. The Morgan fingerprint density at radius 1 is 1.33 bits per heavy atom. The van der Waals surface area contributed by atoms with Crippen molar-refractivity contribution in [1.29, 1.82) is 0 Å². The maximum atomic E-state index is 11.6. The Morgan fingerprint density at radius 3 is 2.89 bits per heavy atom. The number of carbonyl (C=O) groups is 1. The second-order valence-electron chi connectivity index (χ2n) is 5.01. The molecule has 5 nitrogen and oxygen atoms in total. The van der Waals surface area contributed by atoms with Crippen molar-refractivity contribution >= 4 is 5.91 Å². The van der Waals surface area contributed by atoms with Gasteiger partial charge >= 0.3 is 0 Å². The van der Waals surface area contributed by atoms with Crippen molar-refractivity contribution in [3.63, 3.8) is 0 Å². The van der Waals surface area contributed by atoms with Crippen LogP contribution in [0.1, 0.15) is 32.1 Å². The van der Waals surface area contributed by atoms with Gasteiger partial charge in [0.15, 0.2) is 0 Å². The number of ether oxygens (including phenoxy) is 2. The third kappa shape index (κ3) is 4.92. The molecular formula is C13H24N2O3. The van der Waals surface area contributed by atoms with Gasteiger partial charge in [0.05, 0.1) is 18.8 Å². The number of piperidine rings is 1. The van der Waals surface area contributed by atoms with Crippen LogP contribution in [-0.4, -0.2) is 51.0 Å². The Labute approximate surface area is 109 Å². The molecule has 1 unspecified atom stereocenters. The predicted molar refractivity (Wildman–Crippen MR) is 68.4 cm³/mol. The summed E-state index contributed by atoms with van der Waals surface area (Å²) in [5.41, 5.74) is 0. The van der Waals surface area contributed by atoms with Crippen LogP contribution in [0.5, 0.6) is 0 Å². The van der Waals surface area contributed by atoms with Crippen molar-refractivity contribution in [2.24, 2.45) is 0 Å². The topological polar surface area (TPSA) is 59.6 Å². The molecule has 0 radical (unpaired) electrons. The second-order valence-corrected chi connectivity index (χ2v) is 5.01. The van der Waals surface area contributed by atoms with E-state index < -0.39 is 0 Å². The van der Waals surface area contributed by atoms with Crippen molar-refractivity contribution < 1.29 is 14.3 Å². The molecule has 2 heterocycles. The van der Waals surface area contributed by atoms with E-state index in [-0.39, 0.29) is 12.0 Å². The lowest BCUT2D eigenvalue weighted by Crippen LogP contribution is -2.34. The van der Waals surface area contributed by atoms with E-state index in [4.69, 9.17) is 9.47 Å². The molecule has 0 spiro atoms. The largest absolute Gasteiger partial charge is 0.378 e. The number of rotatable bonds is 6. The summed E-state index contributed by atoms with van der Waals surface area (Å²) in [6.45, 7) is 4.05. The molecule has 0 aromatic rings. The smallest absolute Gasteiger partial charge is 0.222 e. The first kappa shape index (κ1) is 13.8. The fourth-order valence-corrected chi connectivity index (χ4v) is 2.40. The molecule has 0 bridgehead atoms. The number of amides is 1. The first-order valence-electron chi connectivity index (χ1n) is 7.05. The zero-order chi connectivity index (χ0) is 12.6. The Morgan fingerprint density at radius 2 is 2.17 bits per heavy atom. The van der Waals surface area contributed by atoms with Gasteiger partial charge in [-0.05, 0) is 38.8 Å². The first-order valence-corrected chi connectivity index (χ1v) is 7.05. The van der Waals surface area contributed by atoms with E-state index in [0.717, 1.165) is 45.4 Å². The van der Waals surface area contributed by atoms with Crippen LogP contribution in [0.4, 0.5) is 0 Å². The average Bonchev–Trinajstić information content (AvgIpc) is 2.91. The van der Waals surface area contributed by atoms with E-state index in [9.17, 15) is 4.79 Å². The van der Waals surface area contributed by atoms with Crippen molar-refractivity contribution in [2.45, 2.75) is 44.3 Å². The lowest BCUT2D eigenvalue weighted by atomic mass is 10.1. The van der Waals surface area contributed by atoms with Crippen LogP contribution < -0.4 is 10.6 Å². The summed E-state index contributed by atoms with van der Waals surface area (Å²) in [5.74, 6) is 0.0689. The molecule has 0 aliphatic carbocycles. The SMILES string of the molecule is O=C(CCOC1CCNCC1)NCC1CCCO1. The van der Waals surface area contributed by atoms with Crippen molar-refractivity contribution in [3.8, 4) is 0 Å². The van der Waals surface area contributed by atoms with Crippen molar-refractivity contribution in [1.82, 2.24) is 10.6 Å². The van der Waals surface area contributed by atoms with Gasteiger partial charge in [-0.1, -0.05) is 0 Å². The van der Waals surface area contributed by atoms with Crippen LogP contribution in [0.15, 0.2) is 0 Å². The molecule has 0 saturated carbocycles. The van der Waals surface area contributed by atoms with Gasteiger partial charge in [-0.15, -0.1) is 0 Å². The van der Waals surface area contributed by atoms with Crippen LogP contribution in [0, 0.1) is 0 Å². The third-order valence-corrected chi connectivity index (χ3v) is 3.52. The van der Waals surface area contributed by atoms with Crippen LogP contribution in [0.2, 0.25) is 0 Å². The molecular weight excluding hydrogens is 232 g/mol. The molecule has 2 rings (SSSR count). The van der Waals surface area contributed by atoms with Gasteiger partial charge in [0, 0.05) is 19.6 Å². The highest BCUT2D eigenvalue weighted by Gasteiger charge is 2.17. The molecule has 2 fully saturated rings. The fourth-order valence-electron chi connectivity index (χ4n) is 2.40. The highest BCUT2D eigenvalue weighted by Crippen LogP contribution is 2.10. The van der Waals surface area contributed by atoms with Crippen LogP contribution in [0.3, 0.4) is 0 Å². The van der Waals surface area contributed by atoms with Gasteiger partial charge in [-0.3, -0.25) is 4.79 Å². The summed E-state index contributed by atoms with van der Waals surface area (Å²) in [6, 6.07) is 0. The molecule has 1 atom stereocenters. The molecule has 1 amide bonds. The number of hydrogen-bond acceptors (Lipinski definition) is 4. The van der Waals surface area contributed by atoms with Crippen molar-refractivity contribution in [2.75, 3.05) is 32.8 Å². The Balaban J connectivity index is 1.48. The minimum atomic E-state index is 0.0689. The Bertz CT molecular complexity index is 249. The van der Waals surface area contributed by atoms with Gasteiger partial charge in [0.1, 0.15) is 0 Å². The van der Waals surface area contributed by atoms with Gasteiger partial charge in [0.25, 0.3) is 0 Å². The first-order chi connectivity index (χ1) is 8.84. The predicted octanol–water partition coefficient (Wildman–Crippen LogP) is 0.440. The van der Waals surface area contributed by atoms with E-state index in [1.807, 2.05) is 0 Å². The van der Waals surface area contributed by atoms with Crippen LogP contribution >= 0.6 is 0 Å². The molecule has 0 aromatic carbocycles. The Hall–Kier alpha value is -0.650. The van der Waals surface area contributed by atoms with Gasteiger partial charge in [-0.2, -0.15) is 0 Å². The fraction of sp³-hybridized carbons (Fsp3) is 0.923. The van der Waals surface area contributed by atoms with Gasteiger partial charge in [-0.25, -0.2) is 0 Å². The van der Waals surface area contributed by atoms with E-state index in [0.29, 0.717) is 25.7 Å². The maximum absolute atomic E-state index is 11.6. The van der Waals surface area contributed by atoms with E-state index in [1.165, 1.54) is 0 Å². The summed E-state index contributed by atoms with van der Waals surface area (Å²) in [7, 11) is 0. The minimum Gasteiger partial charge on any atom is -0.378 e. The Kier molecular flexibility index (Phi) is 5.90. The van der Waals surface area contributed by atoms with Crippen LogP contribution in [0.25, 0.3) is 0 Å². The minimum absolute atomic E-state index is 0.0689. The summed E-state index contributed by atoms with van der Waals surface area (Å²) in [6.07, 6.45) is 5.29. The van der Waals surface area contributed by atoms with Gasteiger partial charge < -0.3 is 20.1 Å². The molecule has 2 aliphatic rings. The molecule has 0 aromatic heterocycles. The number of hydrogen-bond donors (Lipinski definition) is 2. The maximum Gasteiger partial charge on any atom is 0.222 e. The second kappa shape index (κ2) is 7.71. The van der Waals surface area contributed by atoms with E-state index >= 15 is 0 Å². The summed E-state index contributed by atoms with van der Waals surface area (Å²) in [4.78, 5) is 11.6. The van der Waals surface area contributed by atoms with E-state index in [2.05, 4.69) is 10.6 Å². The lowest BCUT2D eigenvalue weighted by Gasteiger charge is -2.22. The zero-order valence-corrected chi connectivity index (χ0v) is 11.0. The standard InChI is InChI=1S/C13H24N2O3/c16-13(15-10-12-2-1-8-17-12)5-9-18-11-3-6-14-7-4-11/h11-12,14H,1-10H2,(H,15,16). The molecule has 2 N–H and O–H groups in total. The zero-order valence-electron chi connectivity index (χ0n) is 11.0. The summed E-state index contributed by atoms with van der Waals surface area (Å²) < 4.78 is 11.1. The number of nitrogens with one attached hydrogen (secondary N) is 2. The van der Waals surface area contributed by atoms with E-state index in [1.54, 1.807) is 0 Å². The number of carbonyl (C=O) groups excluding carboxylic acids is 1.